The number of aliphatic hydroxyl groups excluding tert-OH is 1. The molecule has 1 aromatic carbocycles. The van der Waals surface area contributed by atoms with E-state index in [-0.39, 0.29) is 0 Å². The minimum absolute atomic E-state index is 0.600. The Hall–Kier alpha value is -1.61. The predicted octanol–water partition coefficient (Wildman–Crippen LogP) is 2.60. The standard InChI is InChI=1S/C14H18N2O/c1-4-16-13(9-11(3)15-16)14(17)12-8-6-5-7-10(12)2/h5-9,14,17H,4H2,1-3H3. The molecule has 1 atom stereocenters. The maximum Gasteiger partial charge on any atom is 0.121 e. The molecule has 0 saturated carbocycles. The van der Waals surface area contributed by atoms with Crippen LogP contribution < -0.4 is 0 Å². The molecule has 1 aromatic heterocycles. The van der Waals surface area contributed by atoms with Crippen molar-refractivity contribution in [2.45, 2.75) is 33.4 Å². The first-order valence-corrected chi connectivity index (χ1v) is 5.91. The topological polar surface area (TPSA) is 38.0 Å². The summed E-state index contributed by atoms with van der Waals surface area (Å²) in [5, 5.41) is 14.8. The molecule has 0 saturated heterocycles. The molecule has 2 rings (SSSR count). The molecule has 0 radical (unpaired) electrons. The third-order valence-corrected chi connectivity index (χ3v) is 3.00. The lowest BCUT2D eigenvalue weighted by molar-refractivity contribution is 0.207. The second-order valence-electron chi connectivity index (χ2n) is 4.29. The first-order chi connectivity index (χ1) is 8.13. The Bertz CT molecular complexity index is 517. The minimum atomic E-state index is -0.600. The Morgan fingerprint density at radius 1 is 1.29 bits per heavy atom. The Kier molecular flexibility index (Phi) is 3.29. The Morgan fingerprint density at radius 3 is 2.65 bits per heavy atom. The lowest BCUT2D eigenvalue weighted by atomic mass is 10.0. The zero-order valence-electron chi connectivity index (χ0n) is 10.5. The number of aromatic nitrogens is 2. The van der Waals surface area contributed by atoms with Crippen LogP contribution in [0.25, 0.3) is 0 Å². The number of hydrogen-bond donors (Lipinski definition) is 1. The molecular formula is C14H18N2O. The van der Waals surface area contributed by atoms with Crippen LogP contribution >= 0.6 is 0 Å². The molecule has 0 aliphatic heterocycles. The van der Waals surface area contributed by atoms with Crippen molar-refractivity contribution >= 4 is 0 Å². The van der Waals surface area contributed by atoms with Gasteiger partial charge in [-0.1, -0.05) is 24.3 Å². The fraction of sp³-hybridized carbons (Fsp3) is 0.357. The smallest absolute Gasteiger partial charge is 0.121 e. The highest BCUT2D eigenvalue weighted by Crippen LogP contribution is 2.25. The SMILES string of the molecule is CCn1nc(C)cc1C(O)c1ccccc1C. The van der Waals surface area contributed by atoms with Crippen LogP contribution in [0.5, 0.6) is 0 Å². The minimum Gasteiger partial charge on any atom is -0.382 e. The second kappa shape index (κ2) is 4.72. The third kappa shape index (κ3) is 2.24. The maximum absolute atomic E-state index is 10.4. The van der Waals surface area contributed by atoms with Crippen molar-refractivity contribution < 1.29 is 5.11 Å². The summed E-state index contributed by atoms with van der Waals surface area (Å²) < 4.78 is 1.85. The van der Waals surface area contributed by atoms with E-state index in [2.05, 4.69) is 5.10 Å². The predicted molar refractivity (Wildman–Crippen MR) is 67.9 cm³/mol. The summed E-state index contributed by atoms with van der Waals surface area (Å²) in [6.45, 7) is 6.75. The molecule has 1 unspecified atom stereocenters. The van der Waals surface area contributed by atoms with E-state index in [1.165, 1.54) is 0 Å². The Morgan fingerprint density at radius 2 is 2.00 bits per heavy atom. The molecule has 0 aliphatic rings. The largest absolute Gasteiger partial charge is 0.382 e. The summed E-state index contributed by atoms with van der Waals surface area (Å²) in [7, 11) is 0. The van der Waals surface area contributed by atoms with Crippen LogP contribution in [0.15, 0.2) is 30.3 Å². The van der Waals surface area contributed by atoms with Crippen LogP contribution in [0, 0.1) is 13.8 Å². The van der Waals surface area contributed by atoms with Crippen LogP contribution in [0.4, 0.5) is 0 Å². The summed E-state index contributed by atoms with van der Waals surface area (Å²) in [5.74, 6) is 0. The fourth-order valence-electron chi connectivity index (χ4n) is 2.09. The normalized spacial score (nSPS) is 12.7. The number of aryl methyl sites for hydroxylation is 3. The molecule has 17 heavy (non-hydrogen) atoms. The first kappa shape index (κ1) is 11.9. The van der Waals surface area contributed by atoms with Gasteiger partial charge >= 0.3 is 0 Å². The highest BCUT2D eigenvalue weighted by atomic mass is 16.3. The third-order valence-electron chi connectivity index (χ3n) is 3.00. The van der Waals surface area contributed by atoms with Crippen LogP contribution in [0.2, 0.25) is 0 Å². The van der Waals surface area contributed by atoms with Crippen LogP contribution in [0.1, 0.15) is 35.5 Å². The summed E-state index contributed by atoms with van der Waals surface area (Å²) in [6, 6.07) is 9.85. The van der Waals surface area contributed by atoms with Gasteiger partial charge in [0.15, 0.2) is 0 Å². The second-order valence-corrected chi connectivity index (χ2v) is 4.29. The van der Waals surface area contributed by atoms with E-state index in [1.54, 1.807) is 0 Å². The zero-order chi connectivity index (χ0) is 12.4. The molecule has 90 valence electrons. The van der Waals surface area contributed by atoms with Gasteiger partial charge in [-0.3, -0.25) is 4.68 Å². The van der Waals surface area contributed by atoms with E-state index < -0.39 is 6.10 Å². The lowest BCUT2D eigenvalue weighted by Gasteiger charge is -2.14. The average Bonchev–Trinajstić information content (AvgIpc) is 2.70. The van der Waals surface area contributed by atoms with Gasteiger partial charge in [-0.25, -0.2) is 0 Å². The maximum atomic E-state index is 10.4. The van der Waals surface area contributed by atoms with Gasteiger partial charge in [0.2, 0.25) is 0 Å². The molecule has 1 N–H and O–H groups in total. The highest BCUT2D eigenvalue weighted by Gasteiger charge is 2.17. The fourth-order valence-corrected chi connectivity index (χ4v) is 2.09. The van der Waals surface area contributed by atoms with Crippen LogP contribution in [-0.2, 0) is 6.54 Å². The van der Waals surface area contributed by atoms with Crippen LogP contribution in [0.3, 0.4) is 0 Å². The van der Waals surface area contributed by atoms with Crippen molar-refractivity contribution in [3.63, 3.8) is 0 Å². The number of benzene rings is 1. The van der Waals surface area contributed by atoms with E-state index in [9.17, 15) is 5.11 Å². The van der Waals surface area contributed by atoms with Crippen molar-refractivity contribution in [2.75, 3.05) is 0 Å². The van der Waals surface area contributed by atoms with Gasteiger partial charge in [-0.05, 0) is 38.0 Å². The molecule has 0 bridgehead atoms. The van der Waals surface area contributed by atoms with Gasteiger partial charge in [-0.2, -0.15) is 5.10 Å². The molecular weight excluding hydrogens is 212 g/mol. The Balaban J connectivity index is 2.43. The molecule has 0 aliphatic carbocycles. The number of rotatable bonds is 3. The van der Waals surface area contributed by atoms with E-state index in [4.69, 9.17) is 0 Å². The number of hydrogen-bond acceptors (Lipinski definition) is 2. The number of nitrogens with zero attached hydrogens (tertiary/aromatic N) is 2. The van der Waals surface area contributed by atoms with Crippen molar-refractivity contribution in [1.29, 1.82) is 0 Å². The Labute approximate surface area is 102 Å². The summed E-state index contributed by atoms with van der Waals surface area (Å²) in [6.07, 6.45) is -0.600. The van der Waals surface area contributed by atoms with E-state index in [0.29, 0.717) is 0 Å². The molecule has 1 heterocycles. The quantitative estimate of drug-likeness (QED) is 0.880. The number of aliphatic hydroxyl groups is 1. The molecule has 0 fully saturated rings. The van der Waals surface area contributed by atoms with Crippen LogP contribution in [-0.4, -0.2) is 14.9 Å². The van der Waals surface area contributed by atoms with Crippen molar-refractivity contribution in [2.24, 2.45) is 0 Å². The van der Waals surface area contributed by atoms with Gasteiger partial charge < -0.3 is 5.11 Å². The summed E-state index contributed by atoms with van der Waals surface area (Å²) >= 11 is 0. The monoisotopic (exact) mass is 230 g/mol. The lowest BCUT2D eigenvalue weighted by Crippen LogP contribution is -2.10. The van der Waals surface area contributed by atoms with Gasteiger partial charge in [0.25, 0.3) is 0 Å². The molecule has 3 nitrogen and oxygen atoms in total. The van der Waals surface area contributed by atoms with Crippen molar-refractivity contribution in [1.82, 2.24) is 9.78 Å². The van der Waals surface area contributed by atoms with Crippen molar-refractivity contribution in [3.8, 4) is 0 Å². The van der Waals surface area contributed by atoms with Gasteiger partial charge in [0, 0.05) is 6.54 Å². The zero-order valence-corrected chi connectivity index (χ0v) is 10.5. The van der Waals surface area contributed by atoms with Crippen molar-refractivity contribution in [3.05, 3.63) is 52.8 Å². The van der Waals surface area contributed by atoms with Gasteiger partial charge in [-0.15, -0.1) is 0 Å². The van der Waals surface area contributed by atoms with E-state index in [0.717, 1.165) is 29.1 Å². The first-order valence-electron chi connectivity index (χ1n) is 5.91. The molecule has 0 spiro atoms. The van der Waals surface area contributed by atoms with E-state index >= 15 is 0 Å². The van der Waals surface area contributed by atoms with Gasteiger partial charge in [0.1, 0.15) is 6.10 Å². The molecule has 0 amide bonds. The molecule has 3 heteroatoms. The van der Waals surface area contributed by atoms with Gasteiger partial charge in [0.05, 0.1) is 11.4 Å². The van der Waals surface area contributed by atoms with E-state index in [1.807, 2.05) is 55.8 Å². The summed E-state index contributed by atoms with van der Waals surface area (Å²) in [5.41, 5.74) is 3.84. The summed E-state index contributed by atoms with van der Waals surface area (Å²) in [4.78, 5) is 0. The molecule has 2 aromatic rings. The average molecular weight is 230 g/mol. The highest BCUT2D eigenvalue weighted by molar-refractivity contribution is 5.33.